The molecule has 18 heavy (non-hydrogen) atoms. The van der Waals surface area contributed by atoms with Crippen LogP contribution in [0.1, 0.15) is 52.1 Å². The van der Waals surface area contributed by atoms with Crippen LogP contribution in [0.3, 0.4) is 0 Å². The van der Waals surface area contributed by atoms with Crippen molar-refractivity contribution < 1.29 is 0 Å². The van der Waals surface area contributed by atoms with E-state index in [1.807, 2.05) is 6.20 Å². The van der Waals surface area contributed by atoms with Crippen LogP contribution < -0.4 is 5.32 Å². The lowest BCUT2D eigenvalue weighted by Gasteiger charge is -2.21. The van der Waals surface area contributed by atoms with Gasteiger partial charge >= 0.3 is 0 Å². The maximum absolute atomic E-state index is 4.38. The summed E-state index contributed by atoms with van der Waals surface area (Å²) in [6.07, 6.45) is 7.12. The van der Waals surface area contributed by atoms with Gasteiger partial charge in [-0.25, -0.2) is 0 Å². The molecule has 0 aliphatic heterocycles. The first-order valence-electron chi connectivity index (χ1n) is 7.50. The molecule has 0 aromatic carbocycles. The second kappa shape index (κ2) is 6.37. The summed E-state index contributed by atoms with van der Waals surface area (Å²) in [5.74, 6) is 1.74. The number of aryl methyl sites for hydroxylation is 1. The largest absolute Gasteiger partial charge is 0.308 e. The molecule has 2 rings (SSSR count). The summed E-state index contributed by atoms with van der Waals surface area (Å²) in [5.41, 5.74) is 1.32. The zero-order valence-corrected chi connectivity index (χ0v) is 12.0. The molecule has 1 aromatic heterocycles. The molecule has 1 N–H and O–H groups in total. The minimum Gasteiger partial charge on any atom is -0.308 e. The lowest BCUT2D eigenvalue weighted by atomic mass is 9.93. The van der Waals surface area contributed by atoms with Gasteiger partial charge in [-0.3, -0.25) is 4.68 Å². The van der Waals surface area contributed by atoms with E-state index in [1.165, 1.54) is 25.0 Å². The van der Waals surface area contributed by atoms with E-state index in [0.717, 1.165) is 31.3 Å². The minimum atomic E-state index is 0.694. The molecule has 3 nitrogen and oxygen atoms in total. The van der Waals surface area contributed by atoms with Gasteiger partial charge in [0.25, 0.3) is 0 Å². The summed E-state index contributed by atoms with van der Waals surface area (Å²) < 4.78 is 2.13. The monoisotopic (exact) mass is 249 g/mol. The summed E-state index contributed by atoms with van der Waals surface area (Å²) in [5, 5.41) is 8.11. The first kappa shape index (κ1) is 13.6. The molecule has 3 unspecified atom stereocenters. The molecule has 1 aliphatic carbocycles. The Morgan fingerprint density at radius 3 is 2.89 bits per heavy atom. The summed E-state index contributed by atoms with van der Waals surface area (Å²) in [6.45, 7) is 8.92. The van der Waals surface area contributed by atoms with Crippen LogP contribution in [-0.4, -0.2) is 15.8 Å². The van der Waals surface area contributed by atoms with Gasteiger partial charge < -0.3 is 5.32 Å². The van der Waals surface area contributed by atoms with Gasteiger partial charge in [-0.1, -0.05) is 27.2 Å². The molecule has 0 amide bonds. The summed E-state index contributed by atoms with van der Waals surface area (Å²) in [6, 6.07) is 2.83. The number of aromatic nitrogens is 2. The molecular weight excluding hydrogens is 222 g/mol. The van der Waals surface area contributed by atoms with Crippen LogP contribution in [0.5, 0.6) is 0 Å². The second-order valence-electron chi connectivity index (χ2n) is 5.64. The van der Waals surface area contributed by atoms with Crippen LogP contribution in [0, 0.1) is 11.8 Å². The Kier molecular flexibility index (Phi) is 4.81. The molecule has 0 radical (unpaired) electrons. The molecule has 0 spiro atoms. The second-order valence-corrected chi connectivity index (χ2v) is 5.64. The van der Waals surface area contributed by atoms with Crippen molar-refractivity contribution in [3.05, 3.63) is 18.0 Å². The number of rotatable bonds is 6. The Hall–Kier alpha value is -0.830. The highest BCUT2D eigenvalue weighted by molar-refractivity contribution is 5.01. The molecule has 3 heteroatoms. The number of hydrogen-bond acceptors (Lipinski definition) is 2. The van der Waals surface area contributed by atoms with Gasteiger partial charge in [0, 0.05) is 25.3 Å². The van der Waals surface area contributed by atoms with Gasteiger partial charge in [0.15, 0.2) is 0 Å². The van der Waals surface area contributed by atoms with Crippen molar-refractivity contribution in [2.45, 2.75) is 65.6 Å². The van der Waals surface area contributed by atoms with Gasteiger partial charge in [-0.15, -0.1) is 0 Å². The molecule has 1 fully saturated rings. The lowest BCUT2D eigenvalue weighted by Crippen LogP contribution is -2.33. The fourth-order valence-corrected chi connectivity index (χ4v) is 3.27. The van der Waals surface area contributed by atoms with E-state index in [2.05, 4.69) is 41.9 Å². The Labute approximate surface area is 111 Å². The standard InChI is InChI=1S/C15H27N3/c1-4-10-18-14(8-9-17-18)11-16-15-7-6-13(5-2)12(15)3/h8-9,12-13,15-16H,4-7,10-11H2,1-3H3. The fourth-order valence-electron chi connectivity index (χ4n) is 3.27. The van der Waals surface area contributed by atoms with Crippen LogP contribution >= 0.6 is 0 Å². The first-order chi connectivity index (χ1) is 8.76. The molecule has 102 valence electrons. The van der Waals surface area contributed by atoms with Crippen LogP contribution in [0.2, 0.25) is 0 Å². The van der Waals surface area contributed by atoms with E-state index in [0.29, 0.717) is 6.04 Å². The fraction of sp³-hybridized carbons (Fsp3) is 0.800. The Bertz CT molecular complexity index is 358. The Balaban J connectivity index is 1.86. The van der Waals surface area contributed by atoms with Crippen molar-refractivity contribution in [1.29, 1.82) is 0 Å². The first-order valence-corrected chi connectivity index (χ1v) is 7.50. The predicted molar refractivity (Wildman–Crippen MR) is 75.3 cm³/mol. The van der Waals surface area contributed by atoms with E-state index in [4.69, 9.17) is 0 Å². The highest BCUT2D eigenvalue weighted by Crippen LogP contribution is 2.33. The maximum atomic E-state index is 4.38. The van der Waals surface area contributed by atoms with Gasteiger partial charge in [-0.05, 0) is 37.2 Å². The van der Waals surface area contributed by atoms with E-state index in [9.17, 15) is 0 Å². The average Bonchev–Trinajstić information content (AvgIpc) is 2.94. The van der Waals surface area contributed by atoms with Gasteiger partial charge in [-0.2, -0.15) is 5.10 Å². The van der Waals surface area contributed by atoms with Crippen molar-refractivity contribution in [3.63, 3.8) is 0 Å². The van der Waals surface area contributed by atoms with Gasteiger partial charge in [0.1, 0.15) is 0 Å². The topological polar surface area (TPSA) is 29.9 Å². The van der Waals surface area contributed by atoms with E-state index in [1.54, 1.807) is 0 Å². The molecule has 0 saturated heterocycles. The third-order valence-corrected chi connectivity index (χ3v) is 4.54. The normalized spacial score (nSPS) is 27.8. The third kappa shape index (κ3) is 2.94. The van der Waals surface area contributed by atoms with Crippen molar-refractivity contribution >= 4 is 0 Å². The number of nitrogens with zero attached hydrogens (tertiary/aromatic N) is 2. The zero-order valence-electron chi connectivity index (χ0n) is 12.0. The number of hydrogen-bond donors (Lipinski definition) is 1. The van der Waals surface area contributed by atoms with Crippen LogP contribution in [0.15, 0.2) is 12.3 Å². The molecule has 1 heterocycles. The van der Waals surface area contributed by atoms with Crippen molar-refractivity contribution in [2.75, 3.05) is 0 Å². The van der Waals surface area contributed by atoms with E-state index >= 15 is 0 Å². The summed E-state index contributed by atoms with van der Waals surface area (Å²) in [4.78, 5) is 0. The molecule has 1 aliphatic rings. The average molecular weight is 249 g/mol. The minimum absolute atomic E-state index is 0.694. The third-order valence-electron chi connectivity index (χ3n) is 4.54. The molecule has 0 bridgehead atoms. The highest BCUT2D eigenvalue weighted by atomic mass is 15.3. The smallest absolute Gasteiger partial charge is 0.0522 e. The SMILES string of the molecule is CCCn1nccc1CNC1CCC(CC)C1C. The summed E-state index contributed by atoms with van der Waals surface area (Å²) in [7, 11) is 0. The Morgan fingerprint density at radius 2 is 2.22 bits per heavy atom. The molecule has 1 saturated carbocycles. The van der Waals surface area contributed by atoms with Crippen LogP contribution in [0.4, 0.5) is 0 Å². The predicted octanol–water partition coefficient (Wildman–Crippen LogP) is 3.21. The molecule has 3 atom stereocenters. The van der Waals surface area contributed by atoms with E-state index in [-0.39, 0.29) is 0 Å². The van der Waals surface area contributed by atoms with Crippen molar-refractivity contribution in [2.24, 2.45) is 11.8 Å². The number of nitrogens with one attached hydrogen (secondary N) is 1. The van der Waals surface area contributed by atoms with Crippen LogP contribution in [-0.2, 0) is 13.1 Å². The quantitative estimate of drug-likeness (QED) is 0.839. The van der Waals surface area contributed by atoms with Gasteiger partial charge in [0.2, 0.25) is 0 Å². The van der Waals surface area contributed by atoms with Crippen LogP contribution in [0.25, 0.3) is 0 Å². The van der Waals surface area contributed by atoms with Crippen molar-refractivity contribution in [1.82, 2.24) is 15.1 Å². The molecule has 1 aromatic rings. The zero-order chi connectivity index (χ0) is 13.0. The summed E-state index contributed by atoms with van der Waals surface area (Å²) >= 11 is 0. The lowest BCUT2D eigenvalue weighted by molar-refractivity contribution is 0.341. The molecular formula is C15H27N3. The van der Waals surface area contributed by atoms with E-state index < -0.39 is 0 Å². The Morgan fingerprint density at radius 1 is 1.39 bits per heavy atom. The van der Waals surface area contributed by atoms with Crippen molar-refractivity contribution in [3.8, 4) is 0 Å². The van der Waals surface area contributed by atoms with Gasteiger partial charge in [0.05, 0.1) is 5.69 Å². The highest BCUT2D eigenvalue weighted by Gasteiger charge is 2.30. The maximum Gasteiger partial charge on any atom is 0.0522 e.